The molecule has 8 aromatic rings. The highest BCUT2D eigenvalue weighted by Gasteiger charge is 2.37. The first-order valence-electron chi connectivity index (χ1n) is 17.3. The third kappa shape index (κ3) is 5.54. The van der Waals surface area contributed by atoms with Crippen molar-refractivity contribution in [2.45, 2.75) is 0 Å². The highest BCUT2D eigenvalue weighted by atomic mass is 35.5. The number of nitrogens with one attached hydrogen (secondary N) is 2. The number of H-pyrrole nitrogens is 2. The largest absolute Gasteiger partial charge is 0.478 e. The van der Waals surface area contributed by atoms with Crippen LogP contribution in [0.1, 0.15) is 20.7 Å². The van der Waals surface area contributed by atoms with Crippen molar-refractivity contribution in [2.75, 3.05) is 0 Å². The van der Waals surface area contributed by atoms with Gasteiger partial charge in [0.25, 0.3) is 11.6 Å². The predicted molar refractivity (Wildman–Crippen MR) is 220 cm³/mol. The zero-order chi connectivity index (χ0) is 40.1. The summed E-state index contributed by atoms with van der Waals surface area (Å²) in [5.41, 5.74) is 3.48. The molecule has 0 atom stereocenters. The van der Waals surface area contributed by atoms with Gasteiger partial charge in [-0.1, -0.05) is 98.8 Å². The average molecular weight is 847 g/mol. The van der Waals surface area contributed by atoms with Crippen LogP contribution in [0.15, 0.2) is 84.9 Å². The number of carboxylic acids is 2. The fourth-order valence-corrected chi connectivity index (χ4v) is 8.23. The number of aromatic amines is 2. The number of ether oxygens (including phenoxy) is 1. The first-order valence-corrected chi connectivity index (χ1v) is 18.8. The molecule has 3 aromatic heterocycles. The van der Waals surface area contributed by atoms with E-state index in [-0.39, 0.29) is 42.7 Å². The van der Waals surface area contributed by atoms with Gasteiger partial charge >= 0.3 is 11.9 Å². The highest BCUT2D eigenvalue weighted by Crippen LogP contribution is 2.50. The Balaban J connectivity index is 1.33. The molecule has 5 aromatic carbocycles. The molecule has 2 aliphatic rings. The number of fused-ring (bicyclic) bond motifs is 20. The summed E-state index contributed by atoms with van der Waals surface area (Å²) in [5, 5.41) is 22.3. The lowest BCUT2D eigenvalue weighted by molar-refractivity contribution is -0.650. The summed E-state index contributed by atoms with van der Waals surface area (Å²) < 4.78 is 7.82. The third-order valence-corrected chi connectivity index (χ3v) is 11.7. The lowest BCUT2D eigenvalue weighted by Crippen LogP contribution is -2.30. The van der Waals surface area contributed by atoms with Crippen molar-refractivity contribution in [2.24, 2.45) is 7.05 Å². The van der Waals surface area contributed by atoms with E-state index in [2.05, 4.69) is 9.97 Å². The Bertz CT molecular complexity index is 3340. The lowest BCUT2D eigenvalue weighted by atomic mass is 10.1. The number of aromatic carboxylic acids is 2. The number of benzene rings is 5. The highest BCUT2D eigenvalue weighted by molar-refractivity contribution is 6.54. The number of carboxylic acid groups (broad SMARTS) is 2. The molecule has 0 spiro atoms. The summed E-state index contributed by atoms with van der Waals surface area (Å²) in [6.07, 6.45) is 0. The van der Waals surface area contributed by atoms with Gasteiger partial charge in [-0.3, -0.25) is 0 Å². The fourth-order valence-electron chi connectivity index (χ4n) is 7.21. The Hall–Kier alpha value is -6.64. The first kappa shape index (κ1) is 35.8. The van der Waals surface area contributed by atoms with Crippen LogP contribution in [0.4, 0.5) is 0 Å². The predicted octanol–water partition coefficient (Wildman–Crippen LogP) is 10.1. The Kier molecular flexibility index (Phi) is 8.15. The second-order valence-electron chi connectivity index (χ2n) is 13.3. The van der Waals surface area contributed by atoms with Crippen molar-refractivity contribution in [1.29, 1.82) is 0 Å². The van der Waals surface area contributed by atoms with Gasteiger partial charge in [0.2, 0.25) is 11.3 Å². The van der Waals surface area contributed by atoms with Gasteiger partial charge in [-0.2, -0.15) is 0 Å². The monoisotopic (exact) mass is 845 g/mol. The van der Waals surface area contributed by atoms with Crippen LogP contribution in [0.25, 0.3) is 89.7 Å². The maximum atomic E-state index is 11.8. The van der Waals surface area contributed by atoms with E-state index in [4.69, 9.17) is 76.1 Å². The molecular formula is C41H21Cl4N8O5+. The number of carbonyl (C=O) groups is 2. The third-order valence-electron chi connectivity index (χ3n) is 9.89. The lowest BCUT2D eigenvalue weighted by Gasteiger charge is -2.08. The molecule has 10 rings (SSSR count). The maximum Gasteiger partial charge on any atom is 0.335 e. The first-order chi connectivity index (χ1) is 27.9. The van der Waals surface area contributed by atoms with Crippen molar-refractivity contribution < 1.29 is 29.1 Å². The normalized spacial score (nSPS) is 11.8. The van der Waals surface area contributed by atoms with Crippen LogP contribution in [0.2, 0.25) is 20.1 Å². The maximum absolute atomic E-state index is 11.8. The van der Waals surface area contributed by atoms with Gasteiger partial charge in [0.15, 0.2) is 11.6 Å². The van der Waals surface area contributed by atoms with Gasteiger partial charge in [0.05, 0.1) is 49.4 Å². The Morgan fingerprint density at radius 1 is 0.552 bits per heavy atom. The molecule has 0 unspecified atom stereocenters. The minimum absolute atomic E-state index is 0.00248. The van der Waals surface area contributed by atoms with E-state index in [9.17, 15) is 19.8 Å². The second kappa shape index (κ2) is 13.2. The molecule has 0 amide bonds. The Morgan fingerprint density at radius 2 is 1.02 bits per heavy atom. The van der Waals surface area contributed by atoms with E-state index in [0.717, 1.165) is 28.0 Å². The fraction of sp³-hybridized carbons (Fsp3) is 0.0244. The number of hydrogen-bond donors (Lipinski definition) is 4. The van der Waals surface area contributed by atoms with Crippen LogP contribution in [-0.4, -0.2) is 57.0 Å². The molecule has 58 heavy (non-hydrogen) atoms. The summed E-state index contributed by atoms with van der Waals surface area (Å²) >= 11 is 27.3. The molecule has 282 valence electrons. The smallest absolute Gasteiger partial charge is 0.335 e. The van der Waals surface area contributed by atoms with Gasteiger partial charge in [-0.15, -0.1) is 0 Å². The average Bonchev–Trinajstić information content (AvgIpc) is 3.93. The molecule has 8 bridgehead atoms. The van der Waals surface area contributed by atoms with Crippen LogP contribution >= 0.6 is 46.4 Å². The van der Waals surface area contributed by atoms with Crippen molar-refractivity contribution in [3.8, 4) is 57.1 Å². The Morgan fingerprint density at radius 3 is 1.53 bits per heavy atom. The van der Waals surface area contributed by atoms with Crippen LogP contribution < -0.4 is 9.30 Å². The minimum atomic E-state index is -1.31. The van der Waals surface area contributed by atoms with Gasteiger partial charge < -0.3 is 24.9 Å². The van der Waals surface area contributed by atoms with Crippen LogP contribution in [0.3, 0.4) is 0 Å². The number of aromatic nitrogens is 8. The number of hydrogen-bond acceptors (Lipinski definition) is 8. The van der Waals surface area contributed by atoms with E-state index < -0.39 is 11.9 Å². The number of halogens is 4. The molecular weight excluding hydrogens is 826 g/mol. The molecule has 4 N–H and O–H groups in total. The molecule has 5 heterocycles. The van der Waals surface area contributed by atoms with Crippen molar-refractivity contribution in [3.05, 3.63) is 116 Å². The van der Waals surface area contributed by atoms with Crippen LogP contribution in [0.5, 0.6) is 11.5 Å². The standard InChI is InChI=1S/C41H20Cl4N8O5/c1-53-38-26-27(29(43)31(45)30(44)28(26)42)39(53)52-37-25-15-18(58-19-13-16(40(54)55)12-17(14-19)41(56)57)10-11-24(25)35(50-37)48-33-21-7-3-2-6-20(21)32(46-33)47-34-22-8-4-5-9-23(22)36(49-34)51-38/h2-15H,1H3,(H3,46,47,48,49,50,51,52,54,55,56,57)/p+1. The number of nitrogens with zero attached hydrogens (tertiary/aromatic N) is 6. The van der Waals surface area contributed by atoms with Gasteiger partial charge in [0, 0.05) is 32.7 Å². The van der Waals surface area contributed by atoms with E-state index in [1.807, 2.05) is 48.5 Å². The quantitative estimate of drug-likeness (QED) is 0.0755. The van der Waals surface area contributed by atoms with E-state index in [1.165, 1.54) is 12.1 Å². The molecule has 0 saturated carbocycles. The summed E-state index contributed by atoms with van der Waals surface area (Å²) in [4.78, 5) is 55.6. The Labute approximate surface area is 345 Å². The van der Waals surface area contributed by atoms with Crippen molar-refractivity contribution in [1.82, 2.24) is 34.9 Å². The molecule has 13 nitrogen and oxygen atoms in total. The summed E-state index contributed by atoms with van der Waals surface area (Å²) in [6.45, 7) is 0. The molecule has 0 radical (unpaired) electrons. The molecule has 2 aliphatic heterocycles. The van der Waals surface area contributed by atoms with Crippen molar-refractivity contribution in [3.63, 3.8) is 0 Å². The summed E-state index contributed by atoms with van der Waals surface area (Å²) in [7, 11) is 1.76. The zero-order valence-corrected chi connectivity index (χ0v) is 32.4. The molecule has 17 heteroatoms. The van der Waals surface area contributed by atoms with Gasteiger partial charge in [-0.05, 0) is 42.5 Å². The zero-order valence-electron chi connectivity index (χ0n) is 29.4. The van der Waals surface area contributed by atoms with Gasteiger partial charge in [-0.25, -0.2) is 29.1 Å². The topological polar surface area (TPSA) is 184 Å². The molecule has 0 aliphatic carbocycles. The SMILES string of the molecule is C[n+]1c2nc3[nH]c(nc4nc(nc5[nH]c(nc1-c1c(Cl)c(Cl)c(Cl)c(Cl)c1-2)c1cc(Oc2cc(C(=O)O)cc(C(=O)O)c2)ccc51)-c1ccccc1-4)c1ccccc31. The van der Waals surface area contributed by atoms with Crippen molar-refractivity contribution >= 4 is 102 Å². The number of rotatable bonds is 4. The van der Waals surface area contributed by atoms with E-state index >= 15 is 0 Å². The summed E-state index contributed by atoms with van der Waals surface area (Å²) in [6, 6.07) is 23.9. The van der Waals surface area contributed by atoms with E-state index in [1.54, 1.807) is 29.8 Å². The van der Waals surface area contributed by atoms with E-state index in [0.29, 0.717) is 67.8 Å². The molecule has 0 saturated heterocycles. The van der Waals surface area contributed by atoms with Gasteiger partial charge in [0.1, 0.15) is 22.8 Å². The minimum Gasteiger partial charge on any atom is -0.478 e. The van der Waals surface area contributed by atoms with Crippen LogP contribution in [-0.2, 0) is 7.05 Å². The second-order valence-corrected chi connectivity index (χ2v) is 14.8. The van der Waals surface area contributed by atoms with Crippen LogP contribution in [0, 0.1) is 0 Å². The molecule has 0 fully saturated rings. The summed E-state index contributed by atoms with van der Waals surface area (Å²) in [5.74, 6) is -0.879.